The zero-order valence-corrected chi connectivity index (χ0v) is 81.6. The Bertz CT molecular complexity index is 6520. The van der Waals surface area contributed by atoms with E-state index >= 15 is 17.6 Å². The first-order chi connectivity index (χ1) is 69.1. The van der Waals surface area contributed by atoms with Gasteiger partial charge in [0.2, 0.25) is 11.8 Å². The molecule has 12 heterocycles. The van der Waals surface area contributed by atoms with Gasteiger partial charge in [0.25, 0.3) is 0 Å². The molecule has 142 heavy (non-hydrogen) atoms. The quantitative estimate of drug-likeness (QED) is 0.0281. The highest BCUT2D eigenvalue weighted by Gasteiger charge is 2.50. The van der Waals surface area contributed by atoms with Gasteiger partial charge in [-0.15, -0.1) is 0 Å². The minimum absolute atomic E-state index is 0.134. The Morgan fingerprint density at radius 1 is 0.296 bits per heavy atom. The molecular formula is C112H118F4N10O16. The number of likely N-dealkylation sites (tertiary alicyclic amines) is 4. The van der Waals surface area contributed by atoms with Crippen molar-refractivity contribution in [2.24, 2.45) is 21.7 Å². The summed E-state index contributed by atoms with van der Waals surface area (Å²) >= 11 is 0. The van der Waals surface area contributed by atoms with Crippen LogP contribution in [0.1, 0.15) is 111 Å². The molecule has 0 radical (unpaired) electrons. The van der Waals surface area contributed by atoms with Crippen molar-refractivity contribution in [2.75, 3.05) is 186 Å². The van der Waals surface area contributed by atoms with Crippen LogP contribution in [0.15, 0.2) is 157 Å². The van der Waals surface area contributed by atoms with E-state index in [1.165, 1.54) is 25.5 Å². The van der Waals surface area contributed by atoms with E-state index in [0.717, 1.165) is 238 Å². The third-order valence-corrected chi connectivity index (χ3v) is 29.0. The molecule has 740 valence electrons. The zero-order chi connectivity index (χ0) is 97.4. The fraction of sp³-hybridized carbons (Fsp3) is 0.411. The minimum atomic E-state index is -0.379. The zero-order valence-electron chi connectivity index (χ0n) is 81.6. The number of allylic oxidation sites excluding steroid dienone is 4. The Kier molecular flexibility index (Phi) is 27.5. The van der Waals surface area contributed by atoms with Gasteiger partial charge in [0.15, 0.2) is 92.3 Å². The average Bonchev–Trinajstić information content (AvgIpc) is 1.21. The lowest BCUT2D eigenvalue weighted by Crippen LogP contribution is -2.65. The maximum absolute atomic E-state index is 15.2. The van der Waals surface area contributed by atoms with Crippen molar-refractivity contribution in [1.29, 1.82) is 0 Å². The summed E-state index contributed by atoms with van der Waals surface area (Å²) in [5, 5.41) is 2.71. The van der Waals surface area contributed by atoms with Gasteiger partial charge < -0.3 is 95.4 Å². The molecule has 0 bridgehead atoms. The third-order valence-electron chi connectivity index (χ3n) is 29.0. The number of rotatable bonds is 32. The van der Waals surface area contributed by atoms with Gasteiger partial charge in [0, 0.05) is 157 Å². The summed E-state index contributed by atoms with van der Waals surface area (Å²) in [5.74, 6) is 5.62. The van der Waals surface area contributed by atoms with Crippen LogP contribution in [-0.4, -0.2) is 236 Å². The normalized spacial score (nSPS) is 18.2. The van der Waals surface area contributed by atoms with E-state index in [2.05, 4.69) is 49.5 Å². The number of nitrogens with zero attached hydrogens (tertiary/aromatic N) is 10. The van der Waals surface area contributed by atoms with E-state index in [1.807, 2.05) is 113 Å². The molecule has 8 aromatic carbocycles. The van der Waals surface area contributed by atoms with Gasteiger partial charge in [-0.05, 0) is 188 Å². The Morgan fingerprint density at radius 3 is 0.866 bits per heavy atom. The van der Waals surface area contributed by atoms with E-state index in [1.54, 1.807) is 89.4 Å². The van der Waals surface area contributed by atoms with Crippen molar-refractivity contribution in [3.8, 4) is 92.3 Å². The molecule has 12 aromatic rings. The smallest absolute Gasteiger partial charge is 0.230 e. The van der Waals surface area contributed by atoms with Gasteiger partial charge in [0.05, 0.1) is 141 Å². The van der Waals surface area contributed by atoms with Crippen molar-refractivity contribution >= 4 is 67.9 Å². The van der Waals surface area contributed by atoms with Gasteiger partial charge in [-0.25, -0.2) is 37.5 Å². The van der Waals surface area contributed by atoms with E-state index < -0.39 is 0 Å². The number of halogens is 4. The van der Waals surface area contributed by atoms with Gasteiger partial charge in [-0.1, -0.05) is 70.9 Å². The number of aromatic nitrogens is 6. The fourth-order valence-corrected chi connectivity index (χ4v) is 21.5. The standard InChI is InChI=1S/C29H31FN2O4.C28H30FN3O4.C28H29FN2O4.C27H28FN3O4/c1-19-12-20-4-5-25(28(30)21(20)13-19)36-24-6-8-31-23-15-27(26(33-2)14-22(23)24)35-11-3-9-32-10-7-29(16-32)17-34-18-29;1-18-10-19-4-5-23(26(29)20(19)11-18)36-27-21-12-24(33-2)25(13-22(21)30-17-31-27)35-9-3-7-32-8-6-28(14-32)15-34-16-28;1-18-10-19-4-5-24(27(29)20(19)11-18)35-23-6-7-30-22-13-26(25(32-2)12-21(22)23)34-9-3-8-31-14-28(15-31)16-33-17-28;1-17-8-18-4-5-22(25(28)19(18)9-17)35-26-20-10-23(32-2)24(11-21(20)29-16-30-26)34-7-3-6-31-12-27(13-31)14-33-15-27/h4-6,8,13-15H,3,7,9-12,16-18H2,1-2H3;4-5,11-13,17H,3,6-10,14-16H2,1-2H3;4-7,11-13H,3,8-10,14-17H2,1-2H3;4-5,9-11,16H,3,6-8,12-15H2,1-2H3. The van der Waals surface area contributed by atoms with Crippen molar-refractivity contribution in [2.45, 2.75) is 91.9 Å². The molecule has 12 aliphatic rings. The number of ether oxygens (including phenoxy) is 16. The van der Waals surface area contributed by atoms with Crippen LogP contribution in [-0.2, 0) is 44.6 Å². The van der Waals surface area contributed by atoms with Crippen LogP contribution in [0, 0.1) is 44.9 Å². The van der Waals surface area contributed by atoms with Crippen LogP contribution >= 0.6 is 0 Å². The molecule has 30 heteroatoms. The molecule has 24 rings (SSSR count). The topological polar surface area (TPSA) is 238 Å². The maximum atomic E-state index is 15.2. The lowest BCUT2D eigenvalue weighted by Gasteiger charge is -2.55. The molecule has 26 nitrogen and oxygen atoms in total. The summed E-state index contributed by atoms with van der Waals surface area (Å²) < 4.78 is 153. The van der Waals surface area contributed by atoms with Gasteiger partial charge in [0.1, 0.15) is 24.2 Å². The lowest BCUT2D eigenvalue weighted by molar-refractivity contribution is -0.189. The average molecular weight is 1940 g/mol. The van der Waals surface area contributed by atoms with Crippen LogP contribution < -0.4 is 56.8 Å². The molecule has 0 unspecified atom stereocenters. The summed E-state index contributed by atoms with van der Waals surface area (Å²) in [4.78, 5) is 36.2. The van der Waals surface area contributed by atoms with E-state index in [0.29, 0.717) is 161 Å². The monoisotopic (exact) mass is 1930 g/mol. The second-order valence-electron chi connectivity index (χ2n) is 40.2. The number of fused-ring (bicyclic) bond motifs is 8. The first-order valence-corrected chi connectivity index (χ1v) is 49.1. The summed E-state index contributed by atoms with van der Waals surface area (Å²) in [6.07, 6.45) is 22.9. The number of hydrogen-bond donors (Lipinski definition) is 0. The van der Waals surface area contributed by atoms with Crippen LogP contribution in [0.3, 0.4) is 0 Å². The highest BCUT2D eigenvalue weighted by Crippen LogP contribution is 2.49. The molecule has 8 aliphatic heterocycles. The highest BCUT2D eigenvalue weighted by atomic mass is 19.1. The second-order valence-corrected chi connectivity index (χ2v) is 40.2. The molecule has 4 aromatic heterocycles. The largest absolute Gasteiger partial charge is 0.493 e. The molecule has 0 saturated carbocycles. The Morgan fingerprint density at radius 2 is 0.577 bits per heavy atom. The van der Waals surface area contributed by atoms with Crippen LogP contribution in [0.25, 0.3) is 67.9 Å². The first kappa shape index (κ1) is 95.4. The summed E-state index contributed by atoms with van der Waals surface area (Å²) in [6, 6.07) is 32.5. The van der Waals surface area contributed by atoms with E-state index in [9.17, 15) is 0 Å². The molecule has 0 atom stereocenters. The molecule has 4 aliphatic carbocycles. The summed E-state index contributed by atoms with van der Waals surface area (Å²) in [6.45, 7) is 30.6. The first-order valence-electron chi connectivity index (χ1n) is 49.1. The van der Waals surface area contributed by atoms with Crippen molar-refractivity contribution < 1.29 is 93.4 Å². The van der Waals surface area contributed by atoms with Gasteiger partial charge >= 0.3 is 0 Å². The SMILES string of the molecule is COc1cc2c(Oc3ccc4c(c3F)C=C(C)C4)ccnc2cc1OCCCN1CC2(COC2)C1.COc1cc2c(Oc3ccc4c(c3F)C=C(C)C4)ccnc2cc1OCCCN1CCC2(COC2)C1.COc1cc2c(Oc3ccc4c(c3F)C=C(C)C4)ncnc2cc1OCCCN1CC2(COC2)C1.COc1cc2c(Oc3ccc4c(c3F)C=C(C)C4)ncnc2cc1OCCCN1CCC2(COC2)C1. The maximum Gasteiger partial charge on any atom is 0.230 e. The predicted molar refractivity (Wildman–Crippen MR) is 533 cm³/mol. The number of methoxy groups -OCH3 is 4. The number of benzene rings is 8. The van der Waals surface area contributed by atoms with Crippen molar-refractivity contribution in [3.05, 3.63) is 224 Å². The van der Waals surface area contributed by atoms with Crippen LogP contribution in [0.5, 0.6) is 92.3 Å². The van der Waals surface area contributed by atoms with Gasteiger partial charge in [-0.2, -0.15) is 0 Å². The van der Waals surface area contributed by atoms with Crippen molar-refractivity contribution in [3.63, 3.8) is 0 Å². The second kappa shape index (κ2) is 40.9. The Labute approximate surface area is 822 Å². The molecule has 0 amide bonds. The van der Waals surface area contributed by atoms with Crippen LogP contribution in [0.4, 0.5) is 17.6 Å². The molecule has 0 N–H and O–H groups in total. The summed E-state index contributed by atoms with van der Waals surface area (Å²) in [7, 11) is 6.41. The third kappa shape index (κ3) is 20.1. The number of pyridine rings is 2. The van der Waals surface area contributed by atoms with Crippen LogP contribution in [0.2, 0.25) is 0 Å². The van der Waals surface area contributed by atoms with E-state index in [-0.39, 0.29) is 58.0 Å². The van der Waals surface area contributed by atoms with Gasteiger partial charge in [-0.3, -0.25) is 9.97 Å². The van der Waals surface area contributed by atoms with E-state index in [4.69, 9.17) is 75.8 Å². The molecule has 8 saturated heterocycles. The summed E-state index contributed by atoms with van der Waals surface area (Å²) in [5.41, 5.74) is 15.2. The highest BCUT2D eigenvalue weighted by molar-refractivity contribution is 5.91. The Balaban J connectivity index is 0.000000112. The minimum Gasteiger partial charge on any atom is -0.493 e. The predicted octanol–water partition coefficient (Wildman–Crippen LogP) is 20.5. The Hall–Kier alpha value is -12.8. The molecule has 8 fully saturated rings. The number of hydrogen-bond acceptors (Lipinski definition) is 26. The fourth-order valence-electron chi connectivity index (χ4n) is 21.5. The molecule has 4 spiro atoms. The molecular weight excluding hydrogens is 1820 g/mol. The van der Waals surface area contributed by atoms with Crippen molar-refractivity contribution in [1.82, 2.24) is 49.5 Å². The lowest BCUT2D eigenvalue weighted by atomic mass is 9.78.